The van der Waals surface area contributed by atoms with Crippen molar-refractivity contribution in [2.24, 2.45) is 0 Å². The molecular weight excluding hydrogens is 244 g/mol. The first-order valence-electron chi connectivity index (χ1n) is 5.83. The lowest BCUT2D eigenvalue weighted by molar-refractivity contribution is 0.473. The summed E-state index contributed by atoms with van der Waals surface area (Å²) in [6.45, 7) is 4.36. The van der Waals surface area contributed by atoms with Crippen LogP contribution >= 0.6 is 11.9 Å². The third-order valence-electron chi connectivity index (χ3n) is 2.57. The Hall–Kier alpha value is -1.68. The van der Waals surface area contributed by atoms with Gasteiger partial charge in [0.1, 0.15) is 11.6 Å². The maximum absolute atomic E-state index is 9.13. The first-order chi connectivity index (χ1) is 8.65. The van der Waals surface area contributed by atoms with Gasteiger partial charge >= 0.3 is 0 Å². The molecule has 0 saturated carbocycles. The summed E-state index contributed by atoms with van der Waals surface area (Å²) in [5, 5.41) is 9.13. The Kier molecular flexibility index (Phi) is 4.10. The summed E-state index contributed by atoms with van der Waals surface area (Å²) in [7, 11) is 0. The first-order valence-corrected chi connectivity index (χ1v) is 6.64. The molecule has 4 heteroatoms. The van der Waals surface area contributed by atoms with E-state index in [0.29, 0.717) is 5.92 Å². The molecule has 0 aliphatic rings. The van der Waals surface area contributed by atoms with Gasteiger partial charge in [0.2, 0.25) is 0 Å². The average molecular weight is 260 g/mol. The highest BCUT2D eigenvalue weighted by molar-refractivity contribution is 8.00. The van der Waals surface area contributed by atoms with Gasteiger partial charge in [-0.15, -0.1) is 0 Å². The molecule has 0 aliphatic heterocycles. The summed E-state index contributed by atoms with van der Waals surface area (Å²) < 4.78 is 3.13. The second-order valence-electron chi connectivity index (χ2n) is 4.33. The summed E-state index contributed by atoms with van der Waals surface area (Å²) in [6.07, 6.45) is 1.42. The van der Waals surface area contributed by atoms with Crippen LogP contribution in [0.2, 0.25) is 0 Å². The highest BCUT2D eigenvalue weighted by Crippen LogP contribution is 2.23. The van der Waals surface area contributed by atoms with Gasteiger partial charge in [0.15, 0.2) is 0 Å². The number of anilines is 1. The van der Waals surface area contributed by atoms with E-state index in [1.807, 2.05) is 0 Å². The Labute approximate surface area is 111 Å². The molecule has 18 heavy (non-hydrogen) atoms. The maximum Gasteiger partial charge on any atom is 0.136 e. The molecular formula is C14H16N2OS. The largest absolute Gasteiger partial charge is 0.506 e. The van der Waals surface area contributed by atoms with Crippen LogP contribution in [0, 0.1) is 0 Å². The number of nitrogens with zero attached hydrogens (tertiary/aromatic N) is 1. The molecule has 94 valence electrons. The molecule has 1 heterocycles. The van der Waals surface area contributed by atoms with Gasteiger partial charge in [-0.05, 0) is 47.7 Å². The lowest BCUT2D eigenvalue weighted by Gasteiger charge is -2.07. The van der Waals surface area contributed by atoms with Gasteiger partial charge in [0, 0.05) is 4.90 Å². The van der Waals surface area contributed by atoms with Gasteiger partial charge in [0.25, 0.3) is 0 Å². The molecule has 0 spiro atoms. The van der Waals surface area contributed by atoms with Crippen LogP contribution in [0.4, 0.5) is 5.82 Å². The Morgan fingerprint density at radius 1 is 1.11 bits per heavy atom. The highest BCUT2D eigenvalue weighted by atomic mass is 32.2. The molecule has 0 saturated heterocycles. The average Bonchev–Trinajstić information content (AvgIpc) is 2.38. The fourth-order valence-corrected chi connectivity index (χ4v) is 2.09. The van der Waals surface area contributed by atoms with E-state index in [-0.39, 0.29) is 5.75 Å². The molecule has 0 radical (unpaired) electrons. The number of benzene rings is 1. The van der Waals surface area contributed by atoms with Crippen molar-refractivity contribution in [3.05, 3.63) is 48.2 Å². The number of aromatic nitrogens is 1. The summed E-state index contributed by atoms with van der Waals surface area (Å²) >= 11 is 1.51. The third kappa shape index (κ3) is 3.40. The van der Waals surface area contributed by atoms with Crippen molar-refractivity contribution >= 4 is 17.8 Å². The number of nitrogens with one attached hydrogen (secondary N) is 1. The van der Waals surface area contributed by atoms with Gasteiger partial charge < -0.3 is 9.83 Å². The Bertz CT molecular complexity index is 494. The van der Waals surface area contributed by atoms with E-state index in [4.69, 9.17) is 5.11 Å². The molecule has 0 amide bonds. The van der Waals surface area contributed by atoms with Gasteiger partial charge in [-0.1, -0.05) is 26.0 Å². The zero-order chi connectivity index (χ0) is 13.0. The van der Waals surface area contributed by atoms with E-state index in [2.05, 4.69) is 47.8 Å². The van der Waals surface area contributed by atoms with Gasteiger partial charge in [-0.3, -0.25) is 0 Å². The van der Waals surface area contributed by atoms with Crippen LogP contribution in [0.1, 0.15) is 25.3 Å². The van der Waals surface area contributed by atoms with Crippen LogP contribution in [0.5, 0.6) is 5.75 Å². The number of hydrogen-bond acceptors (Lipinski definition) is 4. The van der Waals surface area contributed by atoms with E-state index < -0.39 is 0 Å². The SMILES string of the molecule is CC(C)c1ccc(SNc2ccc(O)cn2)cc1. The second-order valence-corrected chi connectivity index (χ2v) is 5.21. The zero-order valence-corrected chi connectivity index (χ0v) is 11.2. The number of rotatable bonds is 4. The third-order valence-corrected chi connectivity index (χ3v) is 3.39. The molecule has 0 bridgehead atoms. The van der Waals surface area contributed by atoms with Crippen molar-refractivity contribution < 1.29 is 5.11 Å². The molecule has 0 fully saturated rings. The van der Waals surface area contributed by atoms with Gasteiger partial charge in [-0.25, -0.2) is 4.98 Å². The molecule has 1 aromatic carbocycles. The summed E-state index contributed by atoms with van der Waals surface area (Å²) in [5.74, 6) is 1.45. The summed E-state index contributed by atoms with van der Waals surface area (Å²) in [6, 6.07) is 11.8. The normalized spacial score (nSPS) is 10.6. The Morgan fingerprint density at radius 2 is 1.83 bits per heavy atom. The van der Waals surface area contributed by atoms with Crippen molar-refractivity contribution in [1.29, 1.82) is 0 Å². The van der Waals surface area contributed by atoms with E-state index in [0.717, 1.165) is 10.7 Å². The first kappa shape index (κ1) is 12.8. The quantitative estimate of drug-likeness (QED) is 0.815. The van der Waals surface area contributed by atoms with Crippen LogP contribution in [0.25, 0.3) is 0 Å². The van der Waals surface area contributed by atoms with Crippen LogP contribution in [0.15, 0.2) is 47.5 Å². The smallest absolute Gasteiger partial charge is 0.136 e. The van der Waals surface area contributed by atoms with E-state index in [9.17, 15) is 0 Å². The molecule has 0 aliphatic carbocycles. The van der Waals surface area contributed by atoms with Crippen LogP contribution < -0.4 is 4.72 Å². The van der Waals surface area contributed by atoms with Crippen molar-refractivity contribution in [2.75, 3.05) is 4.72 Å². The number of aromatic hydroxyl groups is 1. The Morgan fingerprint density at radius 3 is 2.39 bits per heavy atom. The second kappa shape index (κ2) is 5.78. The van der Waals surface area contributed by atoms with Crippen molar-refractivity contribution in [1.82, 2.24) is 4.98 Å². The predicted octanol–water partition coefficient (Wildman–Crippen LogP) is 4.03. The summed E-state index contributed by atoms with van der Waals surface area (Å²) in [5.41, 5.74) is 1.34. The zero-order valence-electron chi connectivity index (χ0n) is 10.4. The van der Waals surface area contributed by atoms with Crippen LogP contribution in [-0.2, 0) is 0 Å². The monoisotopic (exact) mass is 260 g/mol. The van der Waals surface area contributed by atoms with Crippen LogP contribution in [0.3, 0.4) is 0 Å². The van der Waals surface area contributed by atoms with Crippen molar-refractivity contribution in [3.8, 4) is 5.75 Å². The highest BCUT2D eigenvalue weighted by Gasteiger charge is 2.00. The fraction of sp³-hybridized carbons (Fsp3) is 0.214. The lowest BCUT2D eigenvalue weighted by Crippen LogP contribution is -1.90. The fourth-order valence-electron chi connectivity index (χ4n) is 1.48. The predicted molar refractivity (Wildman–Crippen MR) is 75.9 cm³/mol. The maximum atomic E-state index is 9.13. The Balaban J connectivity index is 1.95. The van der Waals surface area contributed by atoms with Crippen molar-refractivity contribution in [3.63, 3.8) is 0 Å². The van der Waals surface area contributed by atoms with Gasteiger partial charge in [-0.2, -0.15) is 0 Å². The molecule has 2 N–H and O–H groups in total. The molecule has 2 rings (SSSR count). The van der Waals surface area contributed by atoms with Crippen LogP contribution in [-0.4, -0.2) is 10.1 Å². The van der Waals surface area contributed by atoms with Gasteiger partial charge in [0.05, 0.1) is 6.20 Å². The minimum atomic E-state index is 0.173. The number of pyridine rings is 1. The standard InChI is InChI=1S/C14H16N2OS/c1-10(2)11-3-6-13(7-4-11)18-16-14-8-5-12(17)9-15-14/h3-10,17H,1-2H3,(H,15,16). The lowest BCUT2D eigenvalue weighted by atomic mass is 10.0. The molecule has 2 aromatic rings. The van der Waals surface area contributed by atoms with E-state index >= 15 is 0 Å². The molecule has 3 nitrogen and oxygen atoms in total. The number of hydrogen-bond donors (Lipinski definition) is 2. The topological polar surface area (TPSA) is 45.1 Å². The van der Waals surface area contributed by atoms with Crippen molar-refractivity contribution in [2.45, 2.75) is 24.7 Å². The minimum Gasteiger partial charge on any atom is -0.506 e. The van der Waals surface area contributed by atoms with E-state index in [1.165, 1.54) is 23.7 Å². The molecule has 0 atom stereocenters. The molecule has 1 aromatic heterocycles. The minimum absolute atomic E-state index is 0.173. The summed E-state index contributed by atoms with van der Waals surface area (Å²) in [4.78, 5) is 5.19. The van der Waals surface area contributed by atoms with E-state index in [1.54, 1.807) is 12.1 Å². The molecule has 0 unspecified atom stereocenters.